The molecule has 0 saturated heterocycles. The van der Waals surface area contributed by atoms with Crippen molar-refractivity contribution in [2.75, 3.05) is 0 Å². The fraction of sp³-hybridized carbons (Fsp3) is 0.0370. The number of aromatic carboxylic acids is 3. The van der Waals surface area contributed by atoms with Crippen molar-refractivity contribution in [1.82, 2.24) is 14.1 Å². The van der Waals surface area contributed by atoms with Gasteiger partial charge in [-0.25, -0.2) is 14.4 Å². The van der Waals surface area contributed by atoms with Crippen LogP contribution < -0.4 is 9.47 Å². The van der Waals surface area contributed by atoms with E-state index in [9.17, 15) is 19.5 Å². The van der Waals surface area contributed by atoms with E-state index in [2.05, 4.69) is 33.1 Å². The molecule has 3 heterocycles. The number of benzene rings is 7. The van der Waals surface area contributed by atoms with Crippen molar-refractivity contribution in [1.29, 1.82) is 0 Å². The molecule has 0 unspecified atom stereocenters. The second-order valence-electron chi connectivity index (χ2n) is 15.6. The summed E-state index contributed by atoms with van der Waals surface area (Å²) in [4.78, 5) is 38.2. The minimum absolute atomic E-state index is 0.0311. The van der Waals surface area contributed by atoms with Gasteiger partial charge in [-0.05, 0) is 96.1 Å². The average Bonchev–Trinajstić information content (AvgIpc) is 3.96. The van der Waals surface area contributed by atoms with Crippen molar-refractivity contribution in [2.24, 2.45) is 0 Å². The van der Waals surface area contributed by atoms with Crippen molar-refractivity contribution < 1.29 is 59.0 Å². The zero-order valence-corrected chi connectivity index (χ0v) is 42.8. The Morgan fingerprint density at radius 1 is 0.507 bits per heavy atom. The number of aromatic nitrogens is 3. The molecule has 73 heavy (non-hydrogen) atoms. The molecule has 0 saturated carbocycles. The number of hydrogen-bond donors (Lipinski definition) is 3. The van der Waals surface area contributed by atoms with Gasteiger partial charge in [0.1, 0.15) is 28.7 Å². The number of hydrogen-bond acceptors (Lipinski definition) is 7. The van der Waals surface area contributed by atoms with Gasteiger partial charge in [-0.2, -0.15) is 0 Å². The summed E-state index contributed by atoms with van der Waals surface area (Å²) < 4.78 is 23.4. The van der Waals surface area contributed by atoms with Crippen LogP contribution in [0.2, 0.25) is 30.1 Å². The Morgan fingerprint density at radius 2 is 1.01 bits per heavy atom. The first-order valence-electron chi connectivity index (χ1n) is 21.3. The van der Waals surface area contributed by atoms with Crippen LogP contribution in [0, 0.1) is 0 Å². The van der Waals surface area contributed by atoms with Crippen LogP contribution >= 0.6 is 69.6 Å². The van der Waals surface area contributed by atoms with E-state index in [0.717, 1.165) is 27.5 Å². The molecule has 10 aromatic rings. The topological polar surface area (TPSA) is 170 Å². The first-order valence-corrected chi connectivity index (χ1v) is 23.9. The number of pyridine rings is 1. The third-order valence-corrected chi connectivity index (χ3v) is 12.7. The molecule has 0 radical (unpaired) electrons. The molecule has 0 atom stereocenters. The number of carbonyl (C=O) groups is 3. The normalized spacial score (nSPS) is 10.6. The number of ether oxygens (including phenoxy) is 2. The molecule has 3 aromatic heterocycles. The van der Waals surface area contributed by atoms with E-state index in [1.54, 1.807) is 95.6 Å². The summed E-state index contributed by atoms with van der Waals surface area (Å²) >= 11 is 39.6. The predicted octanol–water partition coefficient (Wildman–Crippen LogP) is 16.1. The Hall–Kier alpha value is -6.90. The van der Waals surface area contributed by atoms with Gasteiger partial charge in [-0.1, -0.05) is 118 Å². The quantitative estimate of drug-likeness (QED) is 0.106. The molecule has 0 bridgehead atoms. The van der Waals surface area contributed by atoms with Gasteiger partial charge in [0.25, 0.3) is 0 Å². The van der Waals surface area contributed by atoms with Crippen molar-refractivity contribution in [3.63, 3.8) is 0 Å². The fourth-order valence-electron chi connectivity index (χ4n) is 7.41. The van der Waals surface area contributed by atoms with E-state index in [-0.39, 0.29) is 23.4 Å². The molecule has 0 amide bonds. The first kappa shape index (κ1) is 53.9. The molecule has 3 N–H and O–H groups in total. The molecule has 0 aliphatic rings. The number of halogens is 6. The van der Waals surface area contributed by atoms with Gasteiger partial charge < -0.3 is 33.9 Å². The van der Waals surface area contributed by atoms with Crippen LogP contribution in [0.5, 0.6) is 23.0 Å². The van der Waals surface area contributed by atoms with Crippen molar-refractivity contribution >= 4 is 120 Å². The Bertz CT molecular complexity index is 3580. The maximum Gasteiger partial charge on any atom is 0.0701 e. The van der Waals surface area contributed by atoms with Crippen LogP contribution in [-0.4, -0.2) is 47.3 Å². The summed E-state index contributed by atoms with van der Waals surface area (Å²) in [7, 11) is 0. The van der Waals surface area contributed by atoms with Gasteiger partial charge in [0.2, 0.25) is 0 Å². The van der Waals surface area contributed by atoms with E-state index >= 15 is 0 Å². The van der Waals surface area contributed by atoms with E-state index in [0.29, 0.717) is 70.6 Å². The molecule has 0 aliphatic heterocycles. The Kier molecular flexibility index (Phi) is 18.2. The zero-order valence-electron chi connectivity index (χ0n) is 37.3. The minimum Gasteiger partial charge on any atom is -0.256 e. The summed E-state index contributed by atoms with van der Waals surface area (Å²) in [5.74, 6) is -1.18. The smallest absolute Gasteiger partial charge is 0.0701 e. The second kappa shape index (κ2) is 24.7. The third-order valence-electron chi connectivity index (χ3n) is 10.8. The van der Waals surface area contributed by atoms with Gasteiger partial charge >= 0.3 is 37.7 Å². The Balaban J connectivity index is 0.000000175. The Labute approximate surface area is 454 Å². The van der Waals surface area contributed by atoms with E-state index < -0.39 is 17.9 Å². The largest absolute Gasteiger partial charge is 0.256 e. The summed E-state index contributed by atoms with van der Waals surface area (Å²) in [5, 5.41) is 33.0. The van der Waals surface area contributed by atoms with E-state index in [1.807, 2.05) is 53.4 Å². The van der Waals surface area contributed by atoms with E-state index in [4.69, 9.17) is 93.1 Å². The SMILES string of the molecule is O=C(O)c1ccc(Cn2c(C(=O)O)cc3c(Oc4ccc(Cl)c(Cl)c4)cc(Cl)cc32)cc1.O=C(O)c1ccc(Cn2ccc3c(Oc4ccc(Cl)c(Cl)c4)cc(Cl)cc32)cc1.[O]=[Cu].c1ccc2ncccc2c1. The van der Waals surface area contributed by atoms with Crippen LogP contribution in [0.3, 0.4) is 0 Å². The molecule has 19 heteroatoms. The molecule has 7 aromatic carbocycles. The first-order chi connectivity index (χ1) is 35.1. The molecule has 0 aliphatic carbocycles. The van der Waals surface area contributed by atoms with Crippen LogP contribution in [0.15, 0.2) is 170 Å². The molecule has 0 spiro atoms. The van der Waals surface area contributed by atoms with Gasteiger partial charge in [-0.15, -0.1) is 0 Å². The summed E-state index contributed by atoms with van der Waals surface area (Å²) in [6.07, 6.45) is 3.75. The minimum atomic E-state index is -1.13. The summed E-state index contributed by atoms with van der Waals surface area (Å²) in [5.41, 5.74) is 4.63. The van der Waals surface area contributed by atoms with Crippen LogP contribution in [-0.2, 0) is 32.9 Å². The summed E-state index contributed by atoms with van der Waals surface area (Å²) in [6, 6.07) is 45.2. The second-order valence-corrected chi connectivity index (χ2v) is 18.1. The number of carboxylic acid groups (broad SMARTS) is 3. The number of fused-ring (bicyclic) bond motifs is 3. The van der Waals surface area contributed by atoms with Crippen molar-refractivity contribution in [3.05, 3.63) is 228 Å². The molecular weight excluding hydrogens is 1110 g/mol. The predicted molar refractivity (Wildman–Crippen MR) is 281 cm³/mol. The monoisotopic (exact) mass is 1140 g/mol. The molecule has 10 rings (SSSR count). The molecular formula is C54H35Cl6CuN3O9. The average molecular weight is 1150 g/mol. The zero-order chi connectivity index (χ0) is 52.3. The van der Waals surface area contributed by atoms with Crippen molar-refractivity contribution in [2.45, 2.75) is 13.1 Å². The van der Waals surface area contributed by atoms with Crippen LogP contribution in [0.1, 0.15) is 42.3 Å². The standard InChI is InChI=1S/C23H14Cl3NO5.C22H14Cl3NO3.C9H7N.Cu.O/c24-14-7-19-16(21(8-14)32-15-5-6-17(25)18(26)9-15)10-20(23(30)31)27(19)11-12-1-3-13(4-2-12)22(28)29;23-15-9-20-17(21(10-15)29-16-5-6-18(24)19(25)11-16)7-8-26(20)12-13-1-3-14(4-2-13)22(27)28;1-2-6-9-8(4-1)5-3-7-10-9;;/h1-10H,11H2,(H,28,29)(H,30,31);1-11H,12H2,(H,27,28);1-7H;;. The molecule has 373 valence electrons. The molecule has 0 fully saturated rings. The van der Waals surface area contributed by atoms with E-state index in [1.165, 1.54) is 23.6 Å². The maximum atomic E-state index is 12.0. The Morgan fingerprint density at radius 3 is 1.53 bits per heavy atom. The van der Waals surface area contributed by atoms with Gasteiger partial charge in [0.15, 0.2) is 0 Å². The summed E-state index contributed by atoms with van der Waals surface area (Å²) in [6.45, 7) is 0.757. The number of para-hydroxylation sites is 1. The number of carboxylic acids is 3. The van der Waals surface area contributed by atoms with Gasteiger partial charge in [-0.3, -0.25) is 4.98 Å². The maximum absolute atomic E-state index is 12.0. The van der Waals surface area contributed by atoms with Crippen LogP contribution in [0.4, 0.5) is 0 Å². The van der Waals surface area contributed by atoms with Gasteiger partial charge in [0.05, 0.1) is 47.8 Å². The number of rotatable bonds is 11. The van der Waals surface area contributed by atoms with Crippen molar-refractivity contribution in [3.8, 4) is 23.0 Å². The van der Waals surface area contributed by atoms with Gasteiger partial charge in [0, 0.05) is 76.0 Å². The molecule has 12 nitrogen and oxygen atoms in total. The van der Waals surface area contributed by atoms with Crippen LogP contribution in [0.25, 0.3) is 32.7 Å². The third kappa shape index (κ3) is 13.6. The fourth-order valence-corrected chi connectivity index (χ4v) is 8.39. The number of nitrogens with zero attached hydrogens (tertiary/aromatic N) is 3.